The summed E-state index contributed by atoms with van der Waals surface area (Å²) in [7, 11) is 1.55. The summed E-state index contributed by atoms with van der Waals surface area (Å²) in [5.74, 6) is -1.13. The number of methoxy groups -OCH3 is 1. The van der Waals surface area contributed by atoms with Crippen molar-refractivity contribution in [3.63, 3.8) is 0 Å². The summed E-state index contributed by atoms with van der Waals surface area (Å²) in [5, 5.41) is 11.4. The number of ether oxygens (including phenoxy) is 2. The second-order valence-electron chi connectivity index (χ2n) is 3.91. The van der Waals surface area contributed by atoms with E-state index in [1.807, 2.05) is 0 Å². The lowest BCUT2D eigenvalue weighted by Crippen LogP contribution is -2.36. The van der Waals surface area contributed by atoms with Crippen LogP contribution in [0.3, 0.4) is 0 Å². The van der Waals surface area contributed by atoms with Crippen LogP contribution in [0, 0.1) is 5.41 Å². The van der Waals surface area contributed by atoms with E-state index in [1.54, 1.807) is 7.11 Å². The molecule has 0 heterocycles. The molecule has 2 N–H and O–H groups in total. The van der Waals surface area contributed by atoms with Crippen molar-refractivity contribution in [2.75, 3.05) is 33.5 Å². The molecule has 0 atom stereocenters. The average Bonchev–Trinajstić information content (AvgIpc) is 3.03. The van der Waals surface area contributed by atoms with Gasteiger partial charge < -0.3 is 19.9 Å². The summed E-state index contributed by atoms with van der Waals surface area (Å²) in [6.07, 6.45) is 1.26. The van der Waals surface area contributed by atoms with Crippen molar-refractivity contribution >= 4 is 11.9 Å². The molecule has 16 heavy (non-hydrogen) atoms. The number of carbonyl (C=O) groups excluding carboxylic acids is 1. The molecule has 1 amide bonds. The Morgan fingerprint density at radius 3 is 2.56 bits per heavy atom. The number of carbonyl (C=O) groups is 2. The monoisotopic (exact) mass is 231 g/mol. The Hall–Kier alpha value is -1.14. The average molecular weight is 231 g/mol. The highest BCUT2D eigenvalue weighted by Gasteiger charge is 2.50. The van der Waals surface area contributed by atoms with Crippen LogP contribution in [-0.2, 0) is 19.1 Å². The van der Waals surface area contributed by atoms with Gasteiger partial charge in [-0.05, 0) is 12.8 Å². The predicted molar refractivity (Wildman–Crippen MR) is 55.0 cm³/mol. The first kappa shape index (κ1) is 12.9. The molecule has 92 valence electrons. The predicted octanol–water partition coefficient (Wildman–Crippen LogP) is -0.370. The van der Waals surface area contributed by atoms with Crippen LogP contribution >= 0.6 is 0 Å². The van der Waals surface area contributed by atoms with Crippen LogP contribution in [0.5, 0.6) is 0 Å². The van der Waals surface area contributed by atoms with E-state index in [9.17, 15) is 9.59 Å². The summed E-state index contributed by atoms with van der Waals surface area (Å²) in [4.78, 5) is 22.0. The maximum Gasteiger partial charge on any atom is 0.311 e. The van der Waals surface area contributed by atoms with Gasteiger partial charge in [0.05, 0.1) is 18.6 Å². The van der Waals surface area contributed by atoms with Gasteiger partial charge in [-0.15, -0.1) is 0 Å². The number of hydrogen-bond donors (Lipinski definition) is 2. The van der Waals surface area contributed by atoms with E-state index in [0.717, 1.165) is 0 Å². The highest BCUT2D eigenvalue weighted by atomic mass is 16.5. The fourth-order valence-corrected chi connectivity index (χ4v) is 1.24. The van der Waals surface area contributed by atoms with Crippen LogP contribution in [0.25, 0.3) is 0 Å². The van der Waals surface area contributed by atoms with E-state index in [-0.39, 0.29) is 19.1 Å². The molecule has 0 aromatic rings. The van der Waals surface area contributed by atoms with Gasteiger partial charge in [-0.2, -0.15) is 0 Å². The lowest BCUT2D eigenvalue weighted by molar-refractivity contribution is -0.143. The number of carboxylic acids is 1. The van der Waals surface area contributed by atoms with Crippen molar-refractivity contribution in [2.45, 2.75) is 12.8 Å². The lowest BCUT2D eigenvalue weighted by Gasteiger charge is -2.11. The van der Waals surface area contributed by atoms with Gasteiger partial charge in [0.2, 0.25) is 5.91 Å². The number of hydrogen-bond acceptors (Lipinski definition) is 4. The smallest absolute Gasteiger partial charge is 0.311 e. The molecule has 1 fully saturated rings. The molecule has 1 aliphatic carbocycles. The number of nitrogens with one attached hydrogen (secondary N) is 1. The highest BCUT2D eigenvalue weighted by Crippen LogP contribution is 2.45. The Morgan fingerprint density at radius 1 is 1.38 bits per heavy atom. The highest BCUT2D eigenvalue weighted by molar-refractivity contribution is 5.81. The van der Waals surface area contributed by atoms with Crippen LogP contribution in [0.4, 0.5) is 0 Å². The molecular formula is C10H17NO5. The van der Waals surface area contributed by atoms with Crippen molar-refractivity contribution in [2.24, 2.45) is 5.41 Å². The molecule has 0 saturated heterocycles. The first-order chi connectivity index (χ1) is 7.60. The zero-order valence-corrected chi connectivity index (χ0v) is 9.32. The Kier molecular flexibility index (Phi) is 4.70. The standard InChI is InChI=1S/C10H17NO5/c1-15-4-5-16-6-8(12)11-7-10(2-3-10)9(13)14/h2-7H2,1H3,(H,11,12)(H,13,14). The minimum absolute atomic E-state index is 0.0565. The SMILES string of the molecule is COCCOCC(=O)NCC1(C(=O)O)CC1. The van der Waals surface area contributed by atoms with Crippen molar-refractivity contribution in [1.82, 2.24) is 5.32 Å². The van der Waals surface area contributed by atoms with Gasteiger partial charge in [0.25, 0.3) is 0 Å². The van der Waals surface area contributed by atoms with Gasteiger partial charge in [-0.3, -0.25) is 9.59 Å². The van der Waals surface area contributed by atoms with Crippen LogP contribution in [0.2, 0.25) is 0 Å². The lowest BCUT2D eigenvalue weighted by atomic mass is 10.1. The molecule has 1 rings (SSSR count). The Bertz CT molecular complexity index is 262. The van der Waals surface area contributed by atoms with Crippen molar-refractivity contribution in [3.05, 3.63) is 0 Å². The van der Waals surface area contributed by atoms with E-state index >= 15 is 0 Å². The topological polar surface area (TPSA) is 84.9 Å². The summed E-state index contributed by atoms with van der Waals surface area (Å²) in [6.45, 7) is 0.925. The van der Waals surface area contributed by atoms with Crippen molar-refractivity contribution in [3.8, 4) is 0 Å². The Labute approximate surface area is 93.9 Å². The Morgan fingerprint density at radius 2 is 2.06 bits per heavy atom. The molecule has 0 aromatic heterocycles. The second kappa shape index (κ2) is 5.81. The summed E-state index contributed by atoms with van der Waals surface area (Å²) >= 11 is 0. The van der Waals surface area contributed by atoms with Gasteiger partial charge in [0.15, 0.2) is 0 Å². The van der Waals surface area contributed by atoms with E-state index in [2.05, 4.69) is 5.32 Å². The first-order valence-corrected chi connectivity index (χ1v) is 5.17. The van der Waals surface area contributed by atoms with Crippen molar-refractivity contribution < 1.29 is 24.2 Å². The molecule has 1 saturated carbocycles. The molecule has 0 aromatic carbocycles. The molecule has 0 bridgehead atoms. The number of carboxylic acid groups (broad SMARTS) is 1. The van der Waals surface area contributed by atoms with Gasteiger partial charge in [0, 0.05) is 13.7 Å². The molecule has 1 aliphatic rings. The van der Waals surface area contributed by atoms with Crippen LogP contribution < -0.4 is 5.32 Å². The largest absolute Gasteiger partial charge is 0.481 e. The molecule has 0 unspecified atom stereocenters. The normalized spacial score (nSPS) is 16.8. The third-order valence-electron chi connectivity index (χ3n) is 2.60. The quantitative estimate of drug-likeness (QED) is 0.557. The fourth-order valence-electron chi connectivity index (χ4n) is 1.24. The molecule has 0 spiro atoms. The molecule has 0 radical (unpaired) electrons. The summed E-state index contributed by atoms with van der Waals surface area (Å²) in [6, 6.07) is 0. The van der Waals surface area contributed by atoms with Gasteiger partial charge >= 0.3 is 5.97 Å². The van der Waals surface area contributed by atoms with Gasteiger partial charge in [0.1, 0.15) is 6.61 Å². The first-order valence-electron chi connectivity index (χ1n) is 5.17. The van der Waals surface area contributed by atoms with Crippen molar-refractivity contribution in [1.29, 1.82) is 0 Å². The third kappa shape index (κ3) is 3.79. The summed E-state index contributed by atoms with van der Waals surface area (Å²) in [5.41, 5.74) is -0.720. The minimum atomic E-state index is -0.840. The van der Waals surface area contributed by atoms with E-state index in [0.29, 0.717) is 26.1 Å². The zero-order chi connectivity index (χ0) is 12.0. The molecule has 0 aliphatic heterocycles. The van der Waals surface area contributed by atoms with Crippen LogP contribution in [0.1, 0.15) is 12.8 Å². The Balaban J connectivity index is 2.09. The van der Waals surface area contributed by atoms with Gasteiger partial charge in [-0.25, -0.2) is 0 Å². The van der Waals surface area contributed by atoms with Gasteiger partial charge in [-0.1, -0.05) is 0 Å². The second-order valence-corrected chi connectivity index (χ2v) is 3.91. The fraction of sp³-hybridized carbons (Fsp3) is 0.800. The zero-order valence-electron chi connectivity index (χ0n) is 9.32. The number of aliphatic carboxylic acids is 1. The number of rotatable bonds is 8. The van der Waals surface area contributed by atoms with E-state index in [1.165, 1.54) is 0 Å². The van der Waals surface area contributed by atoms with E-state index in [4.69, 9.17) is 14.6 Å². The third-order valence-corrected chi connectivity index (χ3v) is 2.60. The van der Waals surface area contributed by atoms with E-state index < -0.39 is 11.4 Å². The maximum absolute atomic E-state index is 11.2. The molecular weight excluding hydrogens is 214 g/mol. The minimum Gasteiger partial charge on any atom is -0.481 e. The van der Waals surface area contributed by atoms with Crippen LogP contribution in [0.15, 0.2) is 0 Å². The van der Waals surface area contributed by atoms with Crippen LogP contribution in [-0.4, -0.2) is 50.5 Å². The number of amides is 1. The summed E-state index contributed by atoms with van der Waals surface area (Å²) < 4.78 is 9.74. The molecule has 6 nitrogen and oxygen atoms in total. The molecule has 6 heteroatoms. The maximum atomic E-state index is 11.2.